The number of hydrogen-bond acceptors (Lipinski definition) is 4. The number of halogens is 1. The quantitative estimate of drug-likeness (QED) is 0.406. The van der Waals surface area contributed by atoms with Crippen molar-refractivity contribution in [3.8, 4) is 5.75 Å². The van der Waals surface area contributed by atoms with E-state index in [0.29, 0.717) is 11.3 Å². The Kier molecular flexibility index (Phi) is 6.64. The standard InChI is InChI=1S/C25H23FN4O3/c1-17-7-6-14-30-15-18(29-23(17)30)16-33-22-11-5-3-9-20(22)25(32)28-13-12-27-24(31)19-8-2-4-10-21(19)26/h2-11,14-15H,12-13,16H2,1H3,(H,27,31)(H,28,32). The zero-order chi connectivity index (χ0) is 23.2. The summed E-state index contributed by atoms with van der Waals surface area (Å²) in [5.74, 6) is -1.03. The highest BCUT2D eigenvalue weighted by Gasteiger charge is 2.14. The van der Waals surface area contributed by atoms with Crippen molar-refractivity contribution in [3.05, 3.63) is 101 Å². The summed E-state index contributed by atoms with van der Waals surface area (Å²) >= 11 is 0. The lowest BCUT2D eigenvalue weighted by Crippen LogP contribution is -2.35. The molecule has 0 atom stereocenters. The van der Waals surface area contributed by atoms with E-state index < -0.39 is 11.7 Å². The van der Waals surface area contributed by atoms with Gasteiger partial charge >= 0.3 is 0 Å². The Balaban J connectivity index is 1.32. The summed E-state index contributed by atoms with van der Waals surface area (Å²) in [4.78, 5) is 29.3. The number of benzene rings is 2. The van der Waals surface area contributed by atoms with Gasteiger partial charge < -0.3 is 19.8 Å². The number of hydrogen-bond donors (Lipinski definition) is 2. The van der Waals surface area contributed by atoms with Crippen molar-refractivity contribution in [3.63, 3.8) is 0 Å². The van der Waals surface area contributed by atoms with E-state index in [9.17, 15) is 14.0 Å². The molecule has 2 heterocycles. The van der Waals surface area contributed by atoms with Crippen LogP contribution in [0.1, 0.15) is 32.0 Å². The largest absolute Gasteiger partial charge is 0.486 e. The highest BCUT2D eigenvalue weighted by atomic mass is 19.1. The molecular formula is C25H23FN4O3. The average Bonchev–Trinajstić information content (AvgIpc) is 3.25. The van der Waals surface area contributed by atoms with Crippen molar-refractivity contribution in [1.29, 1.82) is 0 Å². The fraction of sp³-hybridized carbons (Fsp3) is 0.160. The smallest absolute Gasteiger partial charge is 0.255 e. The van der Waals surface area contributed by atoms with Crippen molar-refractivity contribution in [2.24, 2.45) is 0 Å². The number of rotatable bonds is 8. The van der Waals surface area contributed by atoms with Crippen LogP contribution in [0.15, 0.2) is 73.1 Å². The first kappa shape index (κ1) is 22.0. The minimum Gasteiger partial charge on any atom is -0.486 e. The fourth-order valence-electron chi connectivity index (χ4n) is 3.39. The molecule has 0 spiro atoms. The van der Waals surface area contributed by atoms with Gasteiger partial charge in [0, 0.05) is 25.5 Å². The van der Waals surface area contributed by atoms with Gasteiger partial charge in [-0.15, -0.1) is 0 Å². The first-order chi connectivity index (χ1) is 16.0. The Hall–Kier alpha value is -4.20. The summed E-state index contributed by atoms with van der Waals surface area (Å²) in [5.41, 5.74) is 3.00. The zero-order valence-corrected chi connectivity index (χ0v) is 18.0. The number of aromatic nitrogens is 2. The van der Waals surface area contributed by atoms with Crippen LogP contribution in [0.25, 0.3) is 5.65 Å². The third-order valence-corrected chi connectivity index (χ3v) is 5.05. The minimum absolute atomic E-state index is 0.0373. The second-order valence-corrected chi connectivity index (χ2v) is 7.43. The van der Waals surface area contributed by atoms with Crippen LogP contribution in [0.2, 0.25) is 0 Å². The molecule has 4 aromatic rings. The Morgan fingerprint density at radius 2 is 1.61 bits per heavy atom. The molecule has 0 aliphatic rings. The Bertz CT molecular complexity index is 1300. The molecule has 8 heteroatoms. The van der Waals surface area contributed by atoms with Crippen molar-refractivity contribution < 1.29 is 18.7 Å². The number of ether oxygens (including phenoxy) is 1. The number of para-hydroxylation sites is 1. The molecule has 0 fully saturated rings. The number of aryl methyl sites for hydroxylation is 1. The molecule has 4 rings (SSSR count). The number of carbonyl (C=O) groups excluding carboxylic acids is 2. The molecule has 0 bridgehead atoms. The summed E-state index contributed by atoms with van der Waals surface area (Å²) in [5, 5.41) is 5.33. The highest BCUT2D eigenvalue weighted by Crippen LogP contribution is 2.20. The van der Waals surface area contributed by atoms with Gasteiger partial charge in [0.05, 0.1) is 16.8 Å². The van der Waals surface area contributed by atoms with E-state index in [1.165, 1.54) is 18.2 Å². The molecule has 0 aliphatic heterocycles. The van der Waals surface area contributed by atoms with Crippen molar-refractivity contribution >= 4 is 17.5 Å². The normalized spacial score (nSPS) is 10.7. The van der Waals surface area contributed by atoms with Gasteiger partial charge in [0.1, 0.15) is 23.8 Å². The number of amides is 2. The van der Waals surface area contributed by atoms with Crippen molar-refractivity contribution in [2.75, 3.05) is 13.1 Å². The lowest BCUT2D eigenvalue weighted by atomic mass is 10.2. The van der Waals surface area contributed by atoms with Crippen LogP contribution in [0.5, 0.6) is 5.75 Å². The first-order valence-corrected chi connectivity index (χ1v) is 10.5. The molecule has 168 valence electrons. The fourth-order valence-corrected chi connectivity index (χ4v) is 3.39. The highest BCUT2D eigenvalue weighted by molar-refractivity contribution is 5.97. The molecule has 2 amide bonds. The molecule has 2 aromatic heterocycles. The topological polar surface area (TPSA) is 84.7 Å². The summed E-state index contributed by atoms with van der Waals surface area (Å²) in [7, 11) is 0. The zero-order valence-electron chi connectivity index (χ0n) is 18.0. The monoisotopic (exact) mass is 446 g/mol. The molecule has 2 N–H and O–H groups in total. The average molecular weight is 446 g/mol. The molecule has 7 nitrogen and oxygen atoms in total. The van der Waals surface area contributed by atoms with Gasteiger partial charge in [-0.1, -0.05) is 30.3 Å². The van der Waals surface area contributed by atoms with Crippen LogP contribution >= 0.6 is 0 Å². The molecule has 2 aromatic carbocycles. The van der Waals surface area contributed by atoms with Gasteiger partial charge in [0.2, 0.25) is 0 Å². The number of imidazole rings is 1. The van der Waals surface area contributed by atoms with Gasteiger partial charge in [-0.25, -0.2) is 9.37 Å². The first-order valence-electron chi connectivity index (χ1n) is 10.5. The Morgan fingerprint density at radius 3 is 2.33 bits per heavy atom. The SMILES string of the molecule is Cc1cccn2cc(COc3ccccc3C(=O)NCCNC(=O)c3ccccc3F)nc12. The summed E-state index contributed by atoms with van der Waals surface area (Å²) in [6.45, 7) is 2.54. The molecule has 0 unspecified atom stereocenters. The van der Waals surface area contributed by atoms with E-state index in [1.54, 1.807) is 30.3 Å². The minimum atomic E-state index is -0.592. The molecule has 0 saturated carbocycles. The molecule has 0 aliphatic carbocycles. The molecule has 0 radical (unpaired) electrons. The Labute approximate surface area is 190 Å². The summed E-state index contributed by atoms with van der Waals surface area (Å²) in [6.07, 6.45) is 3.81. The van der Waals surface area contributed by atoms with Crippen molar-refractivity contribution in [2.45, 2.75) is 13.5 Å². The van der Waals surface area contributed by atoms with Gasteiger partial charge in [0.15, 0.2) is 0 Å². The molecule has 0 saturated heterocycles. The van der Waals surface area contributed by atoms with Crippen LogP contribution in [0.4, 0.5) is 4.39 Å². The predicted molar refractivity (Wildman–Crippen MR) is 122 cm³/mol. The number of pyridine rings is 1. The maximum absolute atomic E-state index is 13.7. The van der Waals surface area contributed by atoms with Crippen LogP contribution in [0.3, 0.4) is 0 Å². The number of fused-ring (bicyclic) bond motifs is 1. The van der Waals surface area contributed by atoms with E-state index in [1.807, 2.05) is 35.9 Å². The van der Waals surface area contributed by atoms with Gasteiger partial charge in [-0.3, -0.25) is 9.59 Å². The van der Waals surface area contributed by atoms with Gasteiger partial charge in [-0.05, 0) is 42.8 Å². The van der Waals surface area contributed by atoms with Crippen LogP contribution in [0, 0.1) is 12.7 Å². The van der Waals surface area contributed by atoms with Crippen LogP contribution in [-0.4, -0.2) is 34.3 Å². The molecular weight excluding hydrogens is 423 g/mol. The summed E-state index contributed by atoms with van der Waals surface area (Å²) in [6, 6.07) is 16.6. The summed E-state index contributed by atoms with van der Waals surface area (Å²) < 4.78 is 21.5. The maximum Gasteiger partial charge on any atom is 0.255 e. The van der Waals surface area contributed by atoms with Crippen molar-refractivity contribution in [1.82, 2.24) is 20.0 Å². The number of carbonyl (C=O) groups is 2. The van der Waals surface area contributed by atoms with Crippen LogP contribution < -0.4 is 15.4 Å². The van der Waals surface area contributed by atoms with E-state index in [2.05, 4.69) is 15.6 Å². The maximum atomic E-state index is 13.7. The number of nitrogens with one attached hydrogen (secondary N) is 2. The second kappa shape index (κ2) is 9.95. The van der Waals surface area contributed by atoms with E-state index in [4.69, 9.17) is 4.74 Å². The predicted octanol–water partition coefficient (Wildman–Crippen LogP) is 3.52. The van der Waals surface area contributed by atoms with E-state index in [0.717, 1.165) is 16.9 Å². The van der Waals surface area contributed by atoms with E-state index >= 15 is 0 Å². The van der Waals surface area contributed by atoms with Gasteiger partial charge in [-0.2, -0.15) is 0 Å². The third kappa shape index (κ3) is 5.17. The molecule has 33 heavy (non-hydrogen) atoms. The Morgan fingerprint density at radius 1 is 0.939 bits per heavy atom. The third-order valence-electron chi connectivity index (χ3n) is 5.05. The van der Waals surface area contributed by atoms with Crippen LogP contribution in [-0.2, 0) is 6.61 Å². The lowest BCUT2D eigenvalue weighted by Gasteiger charge is -2.11. The van der Waals surface area contributed by atoms with E-state index in [-0.39, 0.29) is 31.2 Å². The number of nitrogens with zero attached hydrogens (tertiary/aromatic N) is 2. The lowest BCUT2D eigenvalue weighted by molar-refractivity contribution is 0.0923. The van der Waals surface area contributed by atoms with Gasteiger partial charge in [0.25, 0.3) is 11.8 Å². The second-order valence-electron chi connectivity index (χ2n) is 7.43.